The Labute approximate surface area is 133 Å². The topological polar surface area (TPSA) is 0 Å². The van der Waals surface area contributed by atoms with Gasteiger partial charge in [-0.05, 0) is 49.4 Å². The molecule has 0 nitrogen and oxygen atoms in total. The second kappa shape index (κ2) is 9.70. The van der Waals surface area contributed by atoms with Gasteiger partial charge in [0.25, 0.3) is 0 Å². The molecule has 2 fully saturated rings. The minimum Gasteiger partial charge on any atom is -0.103 e. The summed E-state index contributed by atoms with van der Waals surface area (Å²) in [6.07, 6.45) is 23.0. The lowest BCUT2D eigenvalue weighted by Gasteiger charge is -2.29. The summed E-state index contributed by atoms with van der Waals surface area (Å²) in [5, 5.41) is 0. The molecule has 0 aromatic rings. The van der Waals surface area contributed by atoms with Crippen molar-refractivity contribution >= 4 is 0 Å². The predicted octanol–water partition coefficient (Wildman–Crippen LogP) is 7.15. The summed E-state index contributed by atoms with van der Waals surface area (Å²) in [6.45, 7) is 6.30. The van der Waals surface area contributed by atoms with Crippen LogP contribution in [-0.4, -0.2) is 0 Å². The second-order valence-corrected chi connectivity index (χ2v) is 7.98. The molecule has 0 aromatic carbocycles. The van der Waals surface area contributed by atoms with Crippen LogP contribution in [0.15, 0.2) is 12.7 Å². The Hall–Kier alpha value is -0.260. The van der Waals surface area contributed by atoms with Crippen LogP contribution in [0.25, 0.3) is 0 Å². The molecule has 0 aliphatic heterocycles. The quantitative estimate of drug-likeness (QED) is 0.329. The van der Waals surface area contributed by atoms with Gasteiger partial charge in [-0.15, -0.1) is 6.58 Å². The first-order chi connectivity index (χ1) is 10.3. The molecule has 0 heterocycles. The fraction of sp³-hybridized carbons (Fsp3) is 0.905. The first-order valence-electron chi connectivity index (χ1n) is 9.94. The monoisotopic (exact) mass is 290 g/mol. The lowest BCUT2D eigenvalue weighted by Crippen LogP contribution is -2.15. The van der Waals surface area contributed by atoms with Gasteiger partial charge >= 0.3 is 0 Å². The van der Waals surface area contributed by atoms with Crippen LogP contribution in [0.5, 0.6) is 0 Å². The van der Waals surface area contributed by atoms with Gasteiger partial charge in [0.05, 0.1) is 0 Å². The average Bonchev–Trinajstić information content (AvgIpc) is 2.54. The summed E-state index contributed by atoms with van der Waals surface area (Å²) in [7, 11) is 0. The molecule has 122 valence electrons. The Balaban J connectivity index is 1.48. The first-order valence-corrected chi connectivity index (χ1v) is 9.94. The summed E-state index contributed by atoms with van der Waals surface area (Å²) in [4.78, 5) is 0. The fourth-order valence-electron chi connectivity index (χ4n) is 4.80. The van der Waals surface area contributed by atoms with Crippen molar-refractivity contribution in [1.82, 2.24) is 0 Å². The standard InChI is InChI=1S/C21H38/c1-3-7-19-14-16-21(17-15-19)9-6-5-8-20-12-10-18(4-2)11-13-20/h4,18-21H,2-3,5-17H2,1H3/t18?,19-,20?,21-. The molecule has 0 aromatic heterocycles. The molecule has 0 saturated heterocycles. The van der Waals surface area contributed by atoms with Gasteiger partial charge in [0.1, 0.15) is 0 Å². The van der Waals surface area contributed by atoms with Crippen LogP contribution in [0, 0.1) is 23.7 Å². The van der Waals surface area contributed by atoms with Crippen LogP contribution < -0.4 is 0 Å². The summed E-state index contributed by atoms with van der Waals surface area (Å²) < 4.78 is 0. The zero-order chi connectivity index (χ0) is 14.9. The molecule has 0 radical (unpaired) electrons. The van der Waals surface area contributed by atoms with Crippen LogP contribution in [0.4, 0.5) is 0 Å². The van der Waals surface area contributed by atoms with E-state index >= 15 is 0 Å². The van der Waals surface area contributed by atoms with Gasteiger partial charge in [0.15, 0.2) is 0 Å². The normalized spacial score (nSPS) is 33.8. The number of unbranched alkanes of at least 4 members (excludes halogenated alkanes) is 1. The number of allylic oxidation sites excluding steroid dienone is 1. The molecule has 0 heteroatoms. The van der Waals surface area contributed by atoms with E-state index in [1.165, 1.54) is 89.9 Å². The highest BCUT2D eigenvalue weighted by molar-refractivity contribution is 4.84. The Kier molecular flexibility index (Phi) is 7.89. The molecule has 2 aliphatic rings. The van der Waals surface area contributed by atoms with E-state index in [1.807, 2.05) is 0 Å². The third-order valence-corrected chi connectivity index (χ3v) is 6.36. The highest BCUT2D eigenvalue weighted by Gasteiger charge is 2.21. The van der Waals surface area contributed by atoms with Gasteiger partial charge in [0.2, 0.25) is 0 Å². The maximum absolute atomic E-state index is 3.95. The van der Waals surface area contributed by atoms with Gasteiger partial charge in [0, 0.05) is 0 Å². The summed E-state index contributed by atoms with van der Waals surface area (Å²) in [6, 6.07) is 0. The van der Waals surface area contributed by atoms with Gasteiger partial charge in [-0.2, -0.15) is 0 Å². The molecule has 0 bridgehead atoms. The Morgan fingerprint density at radius 3 is 1.57 bits per heavy atom. The van der Waals surface area contributed by atoms with Crippen molar-refractivity contribution in [2.45, 2.75) is 96.8 Å². The lowest BCUT2D eigenvalue weighted by atomic mass is 9.77. The molecule has 0 spiro atoms. The molecule has 21 heavy (non-hydrogen) atoms. The van der Waals surface area contributed by atoms with Crippen molar-refractivity contribution in [2.75, 3.05) is 0 Å². The molecule has 0 N–H and O–H groups in total. The van der Waals surface area contributed by atoms with E-state index in [0.29, 0.717) is 0 Å². The van der Waals surface area contributed by atoms with Crippen molar-refractivity contribution in [3.05, 3.63) is 12.7 Å². The third kappa shape index (κ3) is 6.17. The van der Waals surface area contributed by atoms with E-state index in [2.05, 4.69) is 19.6 Å². The number of hydrogen-bond donors (Lipinski definition) is 0. The van der Waals surface area contributed by atoms with Crippen LogP contribution >= 0.6 is 0 Å². The molecular weight excluding hydrogens is 252 g/mol. The molecule has 2 aliphatic carbocycles. The van der Waals surface area contributed by atoms with E-state index < -0.39 is 0 Å². The van der Waals surface area contributed by atoms with Crippen molar-refractivity contribution in [1.29, 1.82) is 0 Å². The SMILES string of the molecule is C=CC1CCC(CCCC[C@H]2CC[C@H](CCC)CC2)CC1. The van der Waals surface area contributed by atoms with Gasteiger partial charge in [-0.25, -0.2) is 0 Å². The third-order valence-electron chi connectivity index (χ3n) is 6.36. The molecule has 2 saturated carbocycles. The van der Waals surface area contributed by atoms with Crippen LogP contribution in [0.3, 0.4) is 0 Å². The Bertz CT molecular complexity index is 264. The maximum atomic E-state index is 3.95. The van der Waals surface area contributed by atoms with E-state index in [4.69, 9.17) is 0 Å². The number of hydrogen-bond acceptors (Lipinski definition) is 0. The fourth-order valence-corrected chi connectivity index (χ4v) is 4.80. The largest absolute Gasteiger partial charge is 0.103 e. The molecule has 2 rings (SSSR count). The minimum atomic E-state index is 0.833. The summed E-state index contributed by atoms with van der Waals surface area (Å²) in [5.74, 6) is 4.03. The average molecular weight is 291 g/mol. The highest BCUT2D eigenvalue weighted by Crippen LogP contribution is 2.35. The lowest BCUT2D eigenvalue weighted by molar-refractivity contribution is 0.242. The van der Waals surface area contributed by atoms with E-state index in [0.717, 1.165) is 23.7 Å². The van der Waals surface area contributed by atoms with Gasteiger partial charge < -0.3 is 0 Å². The summed E-state index contributed by atoms with van der Waals surface area (Å²) in [5.41, 5.74) is 0. The summed E-state index contributed by atoms with van der Waals surface area (Å²) >= 11 is 0. The van der Waals surface area contributed by atoms with Crippen molar-refractivity contribution in [2.24, 2.45) is 23.7 Å². The van der Waals surface area contributed by atoms with Crippen LogP contribution in [-0.2, 0) is 0 Å². The molecule has 0 unspecified atom stereocenters. The van der Waals surface area contributed by atoms with Gasteiger partial charge in [-0.1, -0.05) is 77.2 Å². The van der Waals surface area contributed by atoms with Crippen molar-refractivity contribution in [3.63, 3.8) is 0 Å². The Morgan fingerprint density at radius 2 is 1.14 bits per heavy atom. The van der Waals surface area contributed by atoms with E-state index in [-0.39, 0.29) is 0 Å². The van der Waals surface area contributed by atoms with Crippen molar-refractivity contribution in [3.8, 4) is 0 Å². The molecule has 0 amide bonds. The smallest absolute Gasteiger partial charge is 0.0236 e. The zero-order valence-electron chi connectivity index (χ0n) is 14.5. The zero-order valence-corrected chi connectivity index (χ0v) is 14.5. The minimum absolute atomic E-state index is 0.833. The Morgan fingerprint density at radius 1 is 0.714 bits per heavy atom. The van der Waals surface area contributed by atoms with Crippen LogP contribution in [0.2, 0.25) is 0 Å². The number of rotatable bonds is 8. The second-order valence-electron chi connectivity index (χ2n) is 7.98. The van der Waals surface area contributed by atoms with Gasteiger partial charge in [-0.3, -0.25) is 0 Å². The maximum Gasteiger partial charge on any atom is -0.0236 e. The van der Waals surface area contributed by atoms with E-state index in [9.17, 15) is 0 Å². The molecular formula is C21H38. The van der Waals surface area contributed by atoms with Crippen LogP contribution in [0.1, 0.15) is 96.8 Å². The van der Waals surface area contributed by atoms with E-state index in [1.54, 1.807) is 0 Å². The highest BCUT2D eigenvalue weighted by atomic mass is 14.3. The molecule has 0 atom stereocenters. The van der Waals surface area contributed by atoms with Crippen molar-refractivity contribution < 1.29 is 0 Å². The first kappa shape index (κ1) is 17.1. The predicted molar refractivity (Wildman–Crippen MR) is 94.5 cm³/mol.